The van der Waals surface area contributed by atoms with Crippen molar-refractivity contribution < 1.29 is 18.3 Å². The molecule has 0 radical (unpaired) electrons. The molecule has 114 valence electrons. The molecule has 1 fully saturated rings. The number of aliphatic hydroxyl groups excluding tert-OH is 1. The van der Waals surface area contributed by atoms with E-state index in [9.17, 15) is 18.3 Å². The highest BCUT2D eigenvalue weighted by Gasteiger charge is 2.32. The highest BCUT2D eigenvalue weighted by atomic mass is 19.4. The maximum absolute atomic E-state index is 12.3. The maximum Gasteiger partial charge on any atom is 0.401 e. The fourth-order valence-corrected chi connectivity index (χ4v) is 2.64. The lowest BCUT2D eigenvalue weighted by molar-refractivity contribution is -0.146. The van der Waals surface area contributed by atoms with Gasteiger partial charge in [-0.3, -0.25) is 9.58 Å². The number of aliphatic hydroxyl groups is 1. The van der Waals surface area contributed by atoms with Gasteiger partial charge in [0.2, 0.25) is 0 Å². The van der Waals surface area contributed by atoms with Crippen LogP contribution in [-0.4, -0.2) is 58.7 Å². The van der Waals surface area contributed by atoms with Crippen LogP contribution in [0.5, 0.6) is 0 Å². The molecule has 0 aliphatic carbocycles. The minimum absolute atomic E-state index is 0.113. The van der Waals surface area contributed by atoms with Gasteiger partial charge in [-0.1, -0.05) is 0 Å². The van der Waals surface area contributed by atoms with E-state index in [1.54, 1.807) is 11.7 Å². The van der Waals surface area contributed by atoms with Crippen LogP contribution in [0.2, 0.25) is 0 Å². The number of nitrogens with zero attached hydrogens (tertiary/aromatic N) is 4. The zero-order chi connectivity index (χ0) is 14.9. The summed E-state index contributed by atoms with van der Waals surface area (Å²) in [6.45, 7) is 2.55. The lowest BCUT2D eigenvalue weighted by Crippen LogP contribution is -2.49. The third-order valence-corrected chi connectivity index (χ3v) is 3.55. The average Bonchev–Trinajstić information content (AvgIpc) is 2.62. The lowest BCUT2D eigenvalue weighted by atomic mass is 10.2. The lowest BCUT2D eigenvalue weighted by Gasteiger charge is -2.36. The number of piperazine rings is 1. The topological polar surface area (TPSA) is 44.5 Å². The molecule has 5 nitrogen and oxygen atoms in total. The number of hydrogen-bond donors (Lipinski definition) is 1. The van der Waals surface area contributed by atoms with Crippen LogP contribution >= 0.6 is 0 Å². The molecule has 1 aliphatic heterocycles. The van der Waals surface area contributed by atoms with Crippen LogP contribution in [0.25, 0.3) is 0 Å². The monoisotopic (exact) mass is 292 g/mol. The second-order valence-corrected chi connectivity index (χ2v) is 5.05. The number of rotatable bonds is 3. The van der Waals surface area contributed by atoms with E-state index in [0.717, 1.165) is 17.1 Å². The Morgan fingerprint density at radius 1 is 1.20 bits per heavy atom. The molecule has 1 saturated heterocycles. The third kappa shape index (κ3) is 3.24. The smallest absolute Gasteiger partial charge is 0.391 e. The van der Waals surface area contributed by atoms with Crippen molar-refractivity contribution in [3.8, 4) is 0 Å². The van der Waals surface area contributed by atoms with Crippen LogP contribution in [-0.2, 0) is 13.7 Å². The predicted molar refractivity (Wildman–Crippen MR) is 68.6 cm³/mol. The van der Waals surface area contributed by atoms with Crippen LogP contribution in [0.4, 0.5) is 19.0 Å². The van der Waals surface area contributed by atoms with E-state index in [1.807, 2.05) is 11.8 Å². The minimum atomic E-state index is -4.15. The Balaban J connectivity index is 2.04. The predicted octanol–water partition coefficient (Wildman–Crippen LogP) is 0.905. The summed E-state index contributed by atoms with van der Waals surface area (Å²) in [7, 11) is 1.78. The Hall–Kier alpha value is -1.28. The van der Waals surface area contributed by atoms with Crippen molar-refractivity contribution in [2.24, 2.45) is 7.05 Å². The summed E-state index contributed by atoms with van der Waals surface area (Å²) < 4.78 is 38.7. The highest BCUT2D eigenvalue weighted by molar-refractivity contribution is 5.50. The van der Waals surface area contributed by atoms with Crippen molar-refractivity contribution in [2.75, 3.05) is 37.6 Å². The number of hydrogen-bond acceptors (Lipinski definition) is 4. The first-order chi connectivity index (χ1) is 9.31. The van der Waals surface area contributed by atoms with Gasteiger partial charge in [0.1, 0.15) is 5.82 Å². The van der Waals surface area contributed by atoms with Gasteiger partial charge >= 0.3 is 6.18 Å². The quantitative estimate of drug-likeness (QED) is 0.899. The third-order valence-electron chi connectivity index (χ3n) is 3.55. The van der Waals surface area contributed by atoms with Gasteiger partial charge in [-0.2, -0.15) is 18.3 Å². The fourth-order valence-electron chi connectivity index (χ4n) is 2.64. The Morgan fingerprint density at radius 2 is 1.80 bits per heavy atom. The zero-order valence-electron chi connectivity index (χ0n) is 11.6. The summed E-state index contributed by atoms with van der Waals surface area (Å²) in [5.41, 5.74) is 1.50. The van der Waals surface area contributed by atoms with E-state index in [-0.39, 0.29) is 6.61 Å². The molecule has 0 amide bonds. The number of anilines is 1. The standard InChI is InChI=1S/C12H19F3N4O/c1-9-10(7-20)11(17(2)16-9)19-5-3-18(4-6-19)8-12(13,14)15/h20H,3-8H2,1-2H3. The molecule has 1 aromatic rings. The van der Waals surface area contributed by atoms with Gasteiger partial charge in [0.25, 0.3) is 0 Å². The van der Waals surface area contributed by atoms with E-state index in [4.69, 9.17) is 0 Å². The Bertz CT molecular complexity index is 464. The summed E-state index contributed by atoms with van der Waals surface area (Å²) in [4.78, 5) is 3.39. The van der Waals surface area contributed by atoms with Gasteiger partial charge in [-0.05, 0) is 6.92 Å². The fraction of sp³-hybridized carbons (Fsp3) is 0.750. The largest absolute Gasteiger partial charge is 0.401 e. The van der Waals surface area contributed by atoms with Gasteiger partial charge in [0, 0.05) is 38.8 Å². The average molecular weight is 292 g/mol. The summed E-state index contributed by atoms with van der Waals surface area (Å²) >= 11 is 0. The zero-order valence-corrected chi connectivity index (χ0v) is 11.6. The molecule has 0 saturated carbocycles. The van der Waals surface area contributed by atoms with Crippen LogP contribution in [0.1, 0.15) is 11.3 Å². The van der Waals surface area contributed by atoms with Gasteiger partial charge in [0.15, 0.2) is 0 Å². The van der Waals surface area contributed by atoms with Crippen molar-refractivity contribution in [1.82, 2.24) is 14.7 Å². The van der Waals surface area contributed by atoms with Crippen molar-refractivity contribution in [3.63, 3.8) is 0 Å². The molecule has 2 heterocycles. The van der Waals surface area contributed by atoms with Gasteiger partial charge < -0.3 is 10.0 Å². The van der Waals surface area contributed by atoms with Crippen LogP contribution in [0.15, 0.2) is 0 Å². The van der Waals surface area contributed by atoms with Crippen LogP contribution < -0.4 is 4.90 Å². The van der Waals surface area contributed by atoms with E-state index < -0.39 is 12.7 Å². The molecule has 1 aromatic heterocycles. The minimum Gasteiger partial charge on any atom is -0.391 e. The first-order valence-electron chi connectivity index (χ1n) is 6.49. The molecular formula is C12H19F3N4O. The number of halogens is 3. The van der Waals surface area contributed by atoms with Crippen molar-refractivity contribution in [1.29, 1.82) is 0 Å². The van der Waals surface area contributed by atoms with Gasteiger partial charge in [-0.25, -0.2) is 0 Å². The normalized spacial score (nSPS) is 17.8. The first kappa shape index (κ1) is 15.1. The molecule has 0 unspecified atom stereocenters. The molecule has 20 heavy (non-hydrogen) atoms. The molecule has 8 heteroatoms. The van der Waals surface area contributed by atoms with Crippen LogP contribution in [0.3, 0.4) is 0 Å². The Morgan fingerprint density at radius 3 is 2.30 bits per heavy atom. The second-order valence-electron chi connectivity index (χ2n) is 5.05. The van der Waals surface area contributed by atoms with Gasteiger partial charge in [-0.15, -0.1) is 0 Å². The summed E-state index contributed by atoms with van der Waals surface area (Å²) in [6, 6.07) is 0. The summed E-state index contributed by atoms with van der Waals surface area (Å²) in [5, 5.41) is 13.7. The van der Waals surface area contributed by atoms with E-state index in [0.29, 0.717) is 26.2 Å². The highest BCUT2D eigenvalue weighted by Crippen LogP contribution is 2.25. The number of aryl methyl sites for hydroxylation is 2. The van der Waals surface area contributed by atoms with Crippen LogP contribution in [0, 0.1) is 6.92 Å². The first-order valence-corrected chi connectivity index (χ1v) is 6.49. The maximum atomic E-state index is 12.3. The summed E-state index contributed by atoms with van der Waals surface area (Å²) in [5.74, 6) is 0.802. The van der Waals surface area contributed by atoms with E-state index in [1.165, 1.54) is 4.90 Å². The number of aromatic nitrogens is 2. The Labute approximate surface area is 115 Å². The molecular weight excluding hydrogens is 273 g/mol. The van der Waals surface area contributed by atoms with Crippen molar-refractivity contribution in [3.05, 3.63) is 11.3 Å². The second kappa shape index (κ2) is 5.61. The number of alkyl halides is 3. The Kier molecular flexibility index (Phi) is 4.24. The van der Waals surface area contributed by atoms with Gasteiger partial charge in [0.05, 0.1) is 18.8 Å². The van der Waals surface area contributed by atoms with E-state index in [2.05, 4.69) is 5.10 Å². The molecule has 0 spiro atoms. The molecule has 2 rings (SSSR count). The van der Waals surface area contributed by atoms with Crippen molar-refractivity contribution in [2.45, 2.75) is 19.7 Å². The molecule has 1 aliphatic rings. The molecule has 0 bridgehead atoms. The van der Waals surface area contributed by atoms with E-state index >= 15 is 0 Å². The summed E-state index contributed by atoms with van der Waals surface area (Å²) in [6.07, 6.45) is -4.15. The molecule has 0 aromatic carbocycles. The molecule has 1 N–H and O–H groups in total. The molecule has 0 atom stereocenters. The SMILES string of the molecule is Cc1nn(C)c(N2CCN(CC(F)(F)F)CC2)c1CO. The van der Waals surface area contributed by atoms with Crippen molar-refractivity contribution >= 4 is 5.82 Å².